The molecule has 116 valence electrons. The molecule has 1 unspecified atom stereocenters. The lowest BCUT2D eigenvalue weighted by atomic mass is 10.1. The molecular formula is C18H20Cl2N2. The third-order valence-corrected chi connectivity index (χ3v) is 4.72. The SMILES string of the molecule is Clc1ccc(CNC2CCCCN2c2ccccc2)c(Cl)c1. The van der Waals surface area contributed by atoms with Crippen molar-refractivity contribution in [1.29, 1.82) is 0 Å². The predicted octanol–water partition coefficient (Wildman–Crippen LogP) is 5.10. The molecular weight excluding hydrogens is 315 g/mol. The van der Waals surface area contributed by atoms with Crippen molar-refractivity contribution in [2.75, 3.05) is 11.4 Å². The maximum atomic E-state index is 6.26. The van der Waals surface area contributed by atoms with Crippen molar-refractivity contribution in [1.82, 2.24) is 5.32 Å². The van der Waals surface area contributed by atoms with Crippen molar-refractivity contribution in [2.45, 2.75) is 32.0 Å². The number of benzene rings is 2. The van der Waals surface area contributed by atoms with Crippen LogP contribution in [0.25, 0.3) is 0 Å². The van der Waals surface area contributed by atoms with Crippen LogP contribution >= 0.6 is 23.2 Å². The van der Waals surface area contributed by atoms with Crippen LogP contribution in [0.5, 0.6) is 0 Å². The Morgan fingerprint density at radius 3 is 2.64 bits per heavy atom. The zero-order valence-corrected chi connectivity index (χ0v) is 13.9. The molecule has 0 amide bonds. The van der Waals surface area contributed by atoms with Crippen LogP contribution in [0.4, 0.5) is 5.69 Å². The zero-order chi connectivity index (χ0) is 15.4. The lowest BCUT2D eigenvalue weighted by Gasteiger charge is -2.38. The van der Waals surface area contributed by atoms with Crippen LogP contribution in [-0.4, -0.2) is 12.7 Å². The van der Waals surface area contributed by atoms with E-state index in [1.807, 2.05) is 12.1 Å². The first kappa shape index (κ1) is 15.7. The summed E-state index contributed by atoms with van der Waals surface area (Å²) in [6.07, 6.45) is 4.01. The third-order valence-electron chi connectivity index (χ3n) is 4.13. The highest BCUT2D eigenvalue weighted by atomic mass is 35.5. The molecule has 3 rings (SSSR count). The molecule has 1 aliphatic rings. The second kappa shape index (κ2) is 7.36. The third kappa shape index (κ3) is 3.75. The molecule has 1 atom stereocenters. The molecule has 0 saturated carbocycles. The molecule has 0 radical (unpaired) electrons. The minimum atomic E-state index is 0.350. The Morgan fingerprint density at radius 2 is 1.86 bits per heavy atom. The lowest BCUT2D eigenvalue weighted by molar-refractivity contribution is 0.393. The molecule has 1 saturated heterocycles. The van der Waals surface area contributed by atoms with Crippen LogP contribution in [0.1, 0.15) is 24.8 Å². The zero-order valence-electron chi connectivity index (χ0n) is 12.4. The Kier molecular flexibility index (Phi) is 5.24. The van der Waals surface area contributed by atoms with E-state index in [1.54, 1.807) is 6.07 Å². The van der Waals surface area contributed by atoms with E-state index in [0.29, 0.717) is 11.2 Å². The number of nitrogens with zero attached hydrogens (tertiary/aromatic N) is 1. The van der Waals surface area contributed by atoms with Gasteiger partial charge in [0.1, 0.15) is 0 Å². The summed E-state index contributed by atoms with van der Waals surface area (Å²) < 4.78 is 0. The molecule has 1 aliphatic heterocycles. The Hall–Kier alpha value is -1.22. The van der Waals surface area contributed by atoms with Gasteiger partial charge in [-0.05, 0) is 49.1 Å². The van der Waals surface area contributed by atoms with Crippen molar-refractivity contribution in [3.05, 3.63) is 64.1 Å². The molecule has 2 nitrogen and oxygen atoms in total. The maximum absolute atomic E-state index is 6.26. The first-order valence-corrected chi connectivity index (χ1v) is 8.48. The van der Waals surface area contributed by atoms with Gasteiger partial charge in [-0.15, -0.1) is 0 Å². The predicted molar refractivity (Wildman–Crippen MR) is 94.7 cm³/mol. The van der Waals surface area contributed by atoms with Crippen molar-refractivity contribution < 1.29 is 0 Å². The van der Waals surface area contributed by atoms with Crippen LogP contribution in [-0.2, 0) is 6.54 Å². The fourth-order valence-electron chi connectivity index (χ4n) is 2.97. The van der Waals surface area contributed by atoms with Gasteiger partial charge in [0.05, 0.1) is 6.17 Å². The minimum absolute atomic E-state index is 0.350. The van der Waals surface area contributed by atoms with E-state index in [-0.39, 0.29) is 0 Å². The normalized spacial score (nSPS) is 18.5. The van der Waals surface area contributed by atoms with Gasteiger partial charge in [-0.25, -0.2) is 0 Å². The van der Waals surface area contributed by atoms with Crippen LogP contribution < -0.4 is 10.2 Å². The van der Waals surface area contributed by atoms with Crippen LogP contribution in [0, 0.1) is 0 Å². The van der Waals surface area contributed by atoms with E-state index >= 15 is 0 Å². The van der Waals surface area contributed by atoms with Gasteiger partial charge < -0.3 is 4.90 Å². The smallest absolute Gasteiger partial charge is 0.0798 e. The van der Waals surface area contributed by atoms with Crippen molar-refractivity contribution >= 4 is 28.9 Å². The van der Waals surface area contributed by atoms with Crippen molar-refractivity contribution in [3.8, 4) is 0 Å². The average molecular weight is 335 g/mol. The molecule has 4 heteroatoms. The lowest BCUT2D eigenvalue weighted by Crippen LogP contribution is -2.48. The monoisotopic (exact) mass is 334 g/mol. The number of halogens is 2. The van der Waals surface area contributed by atoms with E-state index in [4.69, 9.17) is 23.2 Å². The van der Waals surface area contributed by atoms with Crippen molar-refractivity contribution in [3.63, 3.8) is 0 Å². The average Bonchev–Trinajstić information content (AvgIpc) is 2.55. The number of rotatable bonds is 4. The molecule has 0 aliphatic carbocycles. The summed E-state index contributed by atoms with van der Waals surface area (Å²) in [5, 5.41) is 5.05. The fraction of sp³-hybridized carbons (Fsp3) is 0.333. The number of anilines is 1. The summed E-state index contributed by atoms with van der Waals surface area (Å²) in [5.74, 6) is 0. The van der Waals surface area contributed by atoms with Crippen molar-refractivity contribution in [2.24, 2.45) is 0 Å². The quantitative estimate of drug-likeness (QED) is 0.836. The molecule has 1 N–H and O–H groups in total. The Balaban J connectivity index is 1.69. The van der Waals surface area contributed by atoms with Gasteiger partial charge in [-0.2, -0.15) is 0 Å². The number of para-hydroxylation sites is 1. The standard InChI is InChI=1S/C18H20Cl2N2/c19-15-10-9-14(17(20)12-15)13-21-18-8-4-5-11-22(18)16-6-2-1-3-7-16/h1-3,6-7,9-10,12,18,21H,4-5,8,11,13H2. The molecule has 2 aromatic carbocycles. The number of hydrogen-bond acceptors (Lipinski definition) is 2. The number of hydrogen-bond donors (Lipinski definition) is 1. The van der Waals surface area contributed by atoms with Gasteiger partial charge >= 0.3 is 0 Å². The number of nitrogens with one attached hydrogen (secondary N) is 1. The van der Waals surface area contributed by atoms with Crippen LogP contribution in [0.2, 0.25) is 10.0 Å². The second-order valence-electron chi connectivity index (χ2n) is 5.66. The molecule has 2 aromatic rings. The highest BCUT2D eigenvalue weighted by Crippen LogP contribution is 2.25. The van der Waals surface area contributed by atoms with Gasteiger partial charge in [0.15, 0.2) is 0 Å². The summed E-state index contributed by atoms with van der Waals surface area (Å²) in [5.41, 5.74) is 2.37. The van der Waals surface area contributed by atoms with E-state index in [2.05, 4.69) is 40.5 Å². The largest absolute Gasteiger partial charge is 0.356 e. The summed E-state index contributed by atoms with van der Waals surface area (Å²) in [6, 6.07) is 16.3. The summed E-state index contributed by atoms with van der Waals surface area (Å²) in [4.78, 5) is 2.45. The van der Waals surface area contributed by atoms with Crippen LogP contribution in [0.3, 0.4) is 0 Å². The molecule has 0 bridgehead atoms. The van der Waals surface area contributed by atoms with E-state index in [1.165, 1.54) is 18.5 Å². The molecule has 1 fully saturated rings. The molecule has 1 heterocycles. The van der Waals surface area contributed by atoms with Gasteiger partial charge in [-0.1, -0.05) is 47.5 Å². The summed E-state index contributed by atoms with van der Waals surface area (Å²) >= 11 is 12.2. The van der Waals surface area contributed by atoms with E-state index in [0.717, 1.165) is 30.1 Å². The Labute approximate surface area is 142 Å². The molecule has 0 spiro atoms. The van der Waals surface area contributed by atoms with Crippen LogP contribution in [0.15, 0.2) is 48.5 Å². The minimum Gasteiger partial charge on any atom is -0.356 e. The Bertz CT molecular complexity index is 616. The highest BCUT2D eigenvalue weighted by Gasteiger charge is 2.22. The van der Waals surface area contributed by atoms with Gasteiger partial charge in [0.2, 0.25) is 0 Å². The van der Waals surface area contributed by atoms with E-state index < -0.39 is 0 Å². The van der Waals surface area contributed by atoms with Gasteiger partial charge in [0, 0.05) is 28.8 Å². The van der Waals surface area contributed by atoms with Gasteiger partial charge in [0.25, 0.3) is 0 Å². The van der Waals surface area contributed by atoms with Gasteiger partial charge in [-0.3, -0.25) is 5.32 Å². The molecule has 0 aromatic heterocycles. The molecule has 22 heavy (non-hydrogen) atoms. The first-order chi connectivity index (χ1) is 10.7. The van der Waals surface area contributed by atoms with E-state index in [9.17, 15) is 0 Å². The first-order valence-electron chi connectivity index (χ1n) is 7.73. The fourth-order valence-corrected chi connectivity index (χ4v) is 3.44. The second-order valence-corrected chi connectivity index (χ2v) is 6.50. The summed E-state index contributed by atoms with van der Waals surface area (Å²) in [6.45, 7) is 1.85. The number of piperidine rings is 1. The highest BCUT2D eigenvalue weighted by molar-refractivity contribution is 6.35. The maximum Gasteiger partial charge on any atom is 0.0798 e. The Morgan fingerprint density at radius 1 is 1.05 bits per heavy atom. The topological polar surface area (TPSA) is 15.3 Å². The summed E-state index contributed by atoms with van der Waals surface area (Å²) in [7, 11) is 0.